The molecule has 0 aromatic carbocycles. The number of rotatable bonds is 4. The van der Waals surface area contributed by atoms with Crippen molar-refractivity contribution in [3.05, 3.63) is 0 Å². The summed E-state index contributed by atoms with van der Waals surface area (Å²) < 4.78 is 17.9. The molecular weight excluding hydrogens is 252 g/mol. The fourth-order valence-corrected chi connectivity index (χ4v) is 2.20. The minimum atomic E-state index is -1.20. The summed E-state index contributed by atoms with van der Waals surface area (Å²) in [5, 5.41) is 0. The molecule has 1 saturated heterocycles. The number of terminal acetylenes is 2. The molecule has 0 aromatic rings. The van der Waals surface area contributed by atoms with Gasteiger partial charge in [0.15, 0.2) is 0 Å². The maximum atomic E-state index is 6.01. The average molecular weight is 278 g/mol. The third kappa shape index (κ3) is 4.53. The van der Waals surface area contributed by atoms with Gasteiger partial charge in [0.1, 0.15) is 11.2 Å². The molecule has 3 heteroatoms. The first kappa shape index (κ1) is 17.1. The highest BCUT2D eigenvalue weighted by atomic mass is 16.9. The molecule has 20 heavy (non-hydrogen) atoms. The predicted octanol–water partition coefficient (Wildman–Crippen LogP) is 3.33. The molecule has 112 valence electrons. The highest BCUT2D eigenvalue weighted by molar-refractivity contribution is 5.06. The highest BCUT2D eigenvalue weighted by Crippen LogP contribution is 2.43. The van der Waals surface area contributed by atoms with Gasteiger partial charge in [-0.15, -0.1) is 12.8 Å². The molecule has 0 bridgehead atoms. The smallest absolute Gasteiger partial charge is 0.286 e. The summed E-state index contributed by atoms with van der Waals surface area (Å²) in [6.07, 6.45) is 12.6. The van der Waals surface area contributed by atoms with Crippen molar-refractivity contribution in [3.8, 4) is 24.7 Å². The lowest BCUT2D eigenvalue weighted by molar-refractivity contribution is -0.439. The molecule has 1 aliphatic rings. The second kappa shape index (κ2) is 5.41. The molecule has 0 aliphatic carbocycles. The second-order valence-electron chi connectivity index (χ2n) is 7.14. The van der Waals surface area contributed by atoms with Gasteiger partial charge in [0.2, 0.25) is 0 Å². The lowest BCUT2D eigenvalue weighted by Gasteiger charge is -2.47. The highest BCUT2D eigenvalue weighted by Gasteiger charge is 2.49. The number of hydrogen-bond donors (Lipinski definition) is 0. The van der Waals surface area contributed by atoms with Gasteiger partial charge in [-0.2, -0.15) is 0 Å². The Kier molecular flexibility index (Phi) is 4.62. The average Bonchev–Trinajstić information content (AvgIpc) is 2.25. The van der Waals surface area contributed by atoms with Gasteiger partial charge < -0.3 is 14.2 Å². The van der Waals surface area contributed by atoms with Crippen molar-refractivity contribution < 1.29 is 14.2 Å². The van der Waals surface area contributed by atoms with Gasteiger partial charge in [-0.3, -0.25) is 0 Å². The van der Waals surface area contributed by atoms with Crippen LogP contribution in [-0.2, 0) is 14.2 Å². The summed E-state index contributed by atoms with van der Waals surface area (Å²) in [4.78, 5) is 0. The van der Waals surface area contributed by atoms with Crippen molar-refractivity contribution in [1.29, 1.82) is 0 Å². The quantitative estimate of drug-likeness (QED) is 0.583. The lowest BCUT2D eigenvalue weighted by atomic mass is 9.83. The minimum Gasteiger partial charge on any atom is -0.327 e. The Morgan fingerprint density at radius 1 is 1.00 bits per heavy atom. The van der Waals surface area contributed by atoms with Crippen LogP contribution < -0.4 is 0 Å². The first-order valence-electron chi connectivity index (χ1n) is 6.95. The first-order valence-corrected chi connectivity index (χ1v) is 6.95. The van der Waals surface area contributed by atoms with E-state index in [9.17, 15) is 0 Å². The minimum absolute atomic E-state index is 0.0353. The SMILES string of the molecule is C#CC(C)(C)OC1(OC(C)(C)C#C)CC(C)(C)CCO1. The fourth-order valence-electron chi connectivity index (χ4n) is 2.20. The zero-order valence-corrected chi connectivity index (χ0v) is 13.5. The van der Waals surface area contributed by atoms with E-state index in [2.05, 4.69) is 25.7 Å². The molecular formula is C17H26O3. The fraction of sp³-hybridized carbons (Fsp3) is 0.765. The maximum Gasteiger partial charge on any atom is 0.286 e. The monoisotopic (exact) mass is 278 g/mol. The molecule has 1 aliphatic heterocycles. The van der Waals surface area contributed by atoms with Crippen LogP contribution in [0.4, 0.5) is 0 Å². The summed E-state index contributed by atoms with van der Waals surface area (Å²) >= 11 is 0. The standard InChI is InChI=1S/C17H26O3/c1-9-15(5,6)19-17(20-16(7,8)10-2)13-14(3,4)11-12-18-17/h1-2H,11-13H2,3-8H3. The van der Waals surface area contributed by atoms with E-state index in [1.807, 2.05) is 27.7 Å². The van der Waals surface area contributed by atoms with Crippen LogP contribution in [0.1, 0.15) is 54.4 Å². The van der Waals surface area contributed by atoms with Crippen LogP contribution in [0.25, 0.3) is 0 Å². The van der Waals surface area contributed by atoms with Crippen LogP contribution in [0.15, 0.2) is 0 Å². The van der Waals surface area contributed by atoms with Crippen molar-refractivity contribution in [3.63, 3.8) is 0 Å². The first-order chi connectivity index (χ1) is 8.95. The number of hydrogen-bond acceptors (Lipinski definition) is 3. The van der Waals surface area contributed by atoms with Gasteiger partial charge in [-0.25, -0.2) is 0 Å². The van der Waals surface area contributed by atoms with Crippen molar-refractivity contribution in [2.75, 3.05) is 6.61 Å². The Bertz CT molecular complexity index is 404. The van der Waals surface area contributed by atoms with Gasteiger partial charge in [-0.05, 0) is 39.5 Å². The van der Waals surface area contributed by atoms with Crippen LogP contribution in [0, 0.1) is 30.1 Å². The Morgan fingerprint density at radius 2 is 1.45 bits per heavy atom. The van der Waals surface area contributed by atoms with Gasteiger partial charge >= 0.3 is 0 Å². The topological polar surface area (TPSA) is 27.7 Å². The van der Waals surface area contributed by atoms with Gasteiger partial charge in [-0.1, -0.05) is 25.7 Å². The van der Waals surface area contributed by atoms with E-state index < -0.39 is 17.2 Å². The molecule has 3 nitrogen and oxygen atoms in total. The van der Waals surface area contributed by atoms with Crippen LogP contribution in [0.2, 0.25) is 0 Å². The molecule has 1 rings (SSSR count). The Hall–Kier alpha value is -1.00. The molecule has 0 unspecified atom stereocenters. The van der Waals surface area contributed by atoms with Gasteiger partial charge in [0.25, 0.3) is 5.97 Å². The van der Waals surface area contributed by atoms with Crippen molar-refractivity contribution in [2.24, 2.45) is 5.41 Å². The van der Waals surface area contributed by atoms with E-state index in [0.717, 1.165) is 6.42 Å². The van der Waals surface area contributed by atoms with E-state index >= 15 is 0 Å². The Labute approximate surface area is 123 Å². The normalized spacial score (nSPS) is 21.8. The third-order valence-electron chi connectivity index (χ3n) is 3.31. The third-order valence-corrected chi connectivity index (χ3v) is 3.31. The summed E-state index contributed by atoms with van der Waals surface area (Å²) in [7, 11) is 0. The molecule has 1 fully saturated rings. The van der Waals surface area contributed by atoms with E-state index in [1.165, 1.54) is 0 Å². The molecule has 0 amide bonds. The van der Waals surface area contributed by atoms with Crippen LogP contribution in [0.5, 0.6) is 0 Å². The van der Waals surface area contributed by atoms with E-state index in [0.29, 0.717) is 13.0 Å². The van der Waals surface area contributed by atoms with Crippen LogP contribution in [0.3, 0.4) is 0 Å². The van der Waals surface area contributed by atoms with Crippen molar-refractivity contribution in [2.45, 2.75) is 71.6 Å². The second-order valence-corrected chi connectivity index (χ2v) is 7.14. The van der Waals surface area contributed by atoms with Gasteiger partial charge in [0.05, 0.1) is 6.61 Å². The zero-order chi connectivity index (χ0) is 15.7. The van der Waals surface area contributed by atoms with Gasteiger partial charge in [0, 0.05) is 6.42 Å². The maximum absolute atomic E-state index is 6.01. The summed E-state index contributed by atoms with van der Waals surface area (Å²) in [6, 6.07) is 0. The van der Waals surface area contributed by atoms with Crippen molar-refractivity contribution >= 4 is 0 Å². The lowest BCUT2D eigenvalue weighted by Crippen LogP contribution is -2.54. The van der Waals surface area contributed by atoms with Crippen molar-refractivity contribution in [1.82, 2.24) is 0 Å². The molecule has 0 radical (unpaired) electrons. The van der Waals surface area contributed by atoms with Crippen LogP contribution >= 0.6 is 0 Å². The zero-order valence-electron chi connectivity index (χ0n) is 13.5. The summed E-state index contributed by atoms with van der Waals surface area (Å²) in [6.45, 7) is 12.1. The van der Waals surface area contributed by atoms with E-state index in [4.69, 9.17) is 27.1 Å². The predicted molar refractivity (Wildman–Crippen MR) is 79.7 cm³/mol. The molecule has 1 heterocycles. The molecule has 0 N–H and O–H groups in total. The molecule has 0 aromatic heterocycles. The number of ether oxygens (including phenoxy) is 3. The largest absolute Gasteiger partial charge is 0.327 e. The summed E-state index contributed by atoms with van der Waals surface area (Å²) in [5.74, 6) is 4.02. The molecule has 0 atom stereocenters. The van der Waals surface area contributed by atoms with Crippen LogP contribution in [-0.4, -0.2) is 23.8 Å². The van der Waals surface area contributed by atoms with E-state index in [1.54, 1.807) is 0 Å². The Balaban J connectivity index is 3.08. The van der Waals surface area contributed by atoms with E-state index in [-0.39, 0.29) is 5.41 Å². The summed E-state index contributed by atoms with van der Waals surface area (Å²) in [5.41, 5.74) is -1.55. The Morgan fingerprint density at radius 3 is 1.80 bits per heavy atom. The molecule has 0 saturated carbocycles. The molecule has 0 spiro atoms.